The minimum Gasteiger partial charge on any atom is -0.612 e. The van der Waals surface area contributed by atoms with Gasteiger partial charge in [0, 0.05) is 10.7 Å². The molecule has 0 bridgehead atoms. The van der Waals surface area contributed by atoms with Gasteiger partial charge in [0.15, 0.2) is 4.91 Å². The first kappa shape index (κ1) is 15.9. The zero-order valence-corrected chi connectivity index (χ0v) is 13.5. The summed E-state index contributed by atoms with van der Waals surface area (Å²) >= 11 is 4.92. The number of halogens is 1. The maximum absolute atomic E-state index is 12.1. The number of carboxylic acids is 1. The molecule has 1 aliphatic heterocycles. The summed E-state index contributed by atoms with van der Waals surface area (Å²) in [6.07, 6.45) is 1.55. The summed E-state index contributed by atoms with van der Waals surface area (Å²) in [6.45, 7) is 3.49. The van der Waals surface area contributed by atoms with Crippen LogP contribution in [0.25, 0.3) is 0 Å². The van der Waals surface area contributed by atoms with Gasteiger partial charge < -0.3 is 15.0 Å². The Labute approximate surface area is 131 Å². The van der Waals surface area contributed by atoms with E-state index in [0.717, 1.165) is 0 Å². The number of nitrogens with one attached hydrogen (secondary N) is 1. The molecule has 0 fully saturated rings. The number of aliphatic carboxylic acids is 1. The van der Waals surface area contributed by atoms with E-state index in [1.807, 2.05) is 0 Å². The Balaban J connectivity index is 2.71. The van der Waals surface area contributed by atoms with Crippen LogP contribution in [-0.4, -0.2) is 21.9 Å². The Morgan fingerprint density at radius 2 is 1.95 bits per heavy atom. The number of carbonyl (C=O) groups is 1. The van der Waals surface area contributed by atoms with Gasteiger partial charge in [0.1, 0.15) is 6.26 Å². The van der Waals surface area contributed by atoms with Crippen molar-refractivity contribution in [1.29, 1.82) is 0 Å². The van der Waals surface area contributed by atoms with E-state index in [9.17, 15) is 14.5 Å². The fourth-order valence-electron chi connectivity index (χ4n) is 2.65. The quantitative estimate of drug-likeness (QED) is 0.838. The lowest BCUT2D eigenvalue weighted by Gasteiger charge is -2.30. The van der Waals surface area contributed by atoms with Gasteiger partial charge in [-0.15, -0.1) is 0 Å². The SMILES string of the molecule is CC1=C(C(=O)O)C(c2ccccc2Cl)C([S+](C)[O-])=C(C)N1. The van der Waals surface area contributed by atoms with Crippen molar-refractivity contribution in [3.05, 3.63) is 56.7 Å². The van der Waals surface area contributed by atoms with Crippen molar-refractivity contribution in [1.82, 2.24) is 5.32 Å². The molecule has 0 aliphatic carbocycles. The molecule has 1 aromatic rings. The lowest BCUT2D eigenvalue weighted by Crippen LogP contribution is -2.30. The first-order valence-electron chi connectivity index (χ1n) is 6.34. The van der Waals surface area contributed by atoms with Crippen LogP contribution >= 0.6 is 11.6 Å². The molecule has 0 saturated carbocycles. The van der Waals surface area contributed by atoms with Crippen molar-refractivity contribution in [3.63, 3.8) is 0 Å². The first-order chi connectivity index (χ1) is 9.84. The van der Waals surface area contributed by atoms with Crippen molar-refractivity contribution in [2.45, 2.75) is 19.8 Å². The van der Waals surface area contributed by atoms with Crippen LogP contribution in [0.4, 0.5) is 0 Å². The third-order valence-corrected chi connectivity index (χ3v) is 4.96. The third-order valence-electron chi connectivity index (χ3n) is 3.46. The molecule has 1 aromatic carbocycles. The maximum Gasteiger partial charge on any atom is 0.334 e. The van der Waals surface area contributed by atoms with Gasteiger partial charge in [-0.2, -0.15) is 0 Å². The topological polar surface area (TPSA) is 72.4 Å². The molecule has 2 rings (SSSR count). The third kappa shape index (κ3) is 2.95. The Kier molecular flexibility index (Phi) is 4.66. The van der Waals surface area contributed by atoms with Crippen molar-refractivity contribution >= 4 is 28.7 Å². The van der Waals surface area contributed by atoms with Crippen molar-refractivity contribution < 1.29 is 14.5 Å². The molecule has 2 N–H and O–H groups in total. The van der Waals surface area contributed by atoms with Crippen molar-refractivity contribution in [3.8, 4) is 0 Å². The van der Waals surface area contributed by atoms with Crippen molar-refractivity contribution in [2.75, 3.05) is 6.26 Å². The number of hydrogen-bond donors (Lipinski definition) is 2. The lowest BCUT2D eigenvalue weighted by molar-refractivity contribution is -0.133. The molecule has 1 heterocycles. The molecule has 1 aliphatic rings. The van der Waals surface area contributed by atoms with Crippen molar-refractivity contribution in [2.24, 2.45) is 0 Å². The van der Waals surface area contributed by atoms with Gasteiger partial charge in [-0.25, -0.2) is 4.79 Å². The fraction of sp³-hybridized carbons (Fsp3) is 0.267. The van der Waals surface area contributed by atoms with Gasteiger partial charge >= 0.3 is 5.97 Å². The molecule has 2 atom stereocenters. The number of allylic oxidation sites excluding steroid dienone is 3. The number of dihydropyridines is 1. The van der Waals surface area contributed by atoms with E-state index in [-0.39, 0.29) is 5.57 Å². The molecular formula is C15H16ClNO3S. The summed E-state index contributed by atoms with van der Waals surface area (Å²) < 4.78 is 12.1. The summed E-state index contributed by atoms with van der Waals surface area (Å²) in [6, 6.07) is 7.06. The largest absolute Gasteiger partial charge is 0.612 e. The van der Waals surface area contributed by atoms with Gasteiger partial charge in [0.25, 0.3) is 0 Å². The summed E-state index contributed by atoms with van der Waals surface area (Å²) in [7, 11) is 0. The summed E-state index contributed by atoms with van der Waals surface area (Å²) in [4.78, 5) is 12.2. The Bertz CT molecular complexity index is 652. The Morgan fingerprint density at radius 1 is 1.33 bits per heavy atom. The minimum atomic E-state index is -1.31. The summed E-state index contributed by atoms with van der Waals surface area (Å²) in [5.41, 5.74) is 2.09. The van der Waals surface area contributed by atoms with Gasteiger partial charge in [0.05, 0.1) is 17.2 Å². The number of benzene rings is 1. The van der Waals surface area contributed by atoms with Crippen LogP contribution in [0, 0.1) is 0 Å². The Morgan fingerprint density at radius 3 is 2.48 bits per heavy atom. The van der Waals surface area contributed by atoms with Crippen LogP contribution < -0.4 is 5.32 Å². The van der Waals surface area contributed by atoms with E-state index in [0.29, 0.717) is 26.9 Å². The second-order valence-corrected chi connectivity index (χ2v) is 6.62. The molecule has 0 amide bonds. The van der Waals surface area contributed by atoms with Crippen LogP contribution in [0.3, 0.4) is 0 Å². The van der Waals surface area contributed by atoms with Crippen LogP contribution in [0.15, 0.2) is 46.1 Å². The highest BCUT2D eigenvalue weighted by Gasteiger charge is 2.39. The normalized spacial score (nSPS) is 20.3. The average molecular weight is 326 g/mol. The van der Waals surface area contributed by atoms with E-state index in [1.54, 1.807) is 44.4 Å². The number of hydrogen-bond acceptors (Lipinski definition) is 3. The molecule has 0 aromatic heterocycles. The second kappa shape index (κ2) is 6.13. The van der Waals surface area contributed by atoms with E-state index in [4.69, 9.17) is 11.6 Å². The van der Waals surface area contributed by atoms with Gasteiger partial charge in [-0.3, -0.25) is 0 Å². The van der Waals surface area contributed by atoms with Crippen LogP contribution in [0.1, 0.15) is 25.3 Å². The molecule has 4 nitrogen and oxygen atoms in total. The zero-order chi connectivity index (χ0) is 15.7. The standard InChI is InChI=1S/C15H16ClNO3S/c1-8-12(15(18)19)13(10-6-4-5-7-11(10)16)14(21(3)20)9(2)17-8/h4-7,13,17H,1-3H3,(H,18,19). The lowest BCUT2D eigenvalue weighted by atomic mass is 9.86. The Hall–Kier alpha value is -1.43. The molecule has 21 heavy (non-hydrogen) atoms. The minimum absolute atomic E-state index is 0.180. The van der Waals surface area contributed by atoms with E-state index in [1.165, 1.54) is 0 Å². The molecule has 6 heteroatoms. The van der Waals surface area contributed by atoms with Gasteiger partial charge in [-0.1, -0.05) is 29.8 Å². The van der Waals surface area contributed by atoms with Gasteiger partial charge in [-0.05, 0) is 36.7 Å². The molecular weight excluding hydrogens is 310 g/mol. The molecule has 0 radical (unpaired) electrons. The monoisotopic (exact) mass is 325 g/mol. The highest BCUT2D eigenvalue weighted by molar-refractivity contribution is 7.94. The molecule has 0 saturated heterocycles. The summed E-state index contributed by atoms with van der Waals surface area (Å²) in [5.74, 6) is -1.65. The first-order valence-corrected chi connectivity index (χ1v) is 8.28. The van der Waals surface area contributed by atoms with E-state index < -0.39 is 23.1 Å². The van der Waals surface area contributed by atoms with E-state index in [2.05, 4.69) is 5.32 Å². The predicted octanol–water partition coefficient (Wildman–Crippen LogP) is 3.00. The number of rotatable bonds is 3. The van der Waals surface area contributed by atoms with Crippen LogP contribution in [-0.2, 0) is 16.0 Å². The second-order valence-electron chi connectivity index (χ2n) is 4.87. The molecule has 112 valence electrons. The van der Waals surface area contributed by atoms with E-state index >= 15 is 0 Å². The predicted molar refractivity (Wildman–Crippen MR) is 84.4 cm³/mol. The highest BCUT2D eigenvalue weighted by atomic mass is 35.5. The molecule has 2 unspecified atom stereocenters. The smallest absolute Gasteiger partial charge is 0.334 e. The van der Waals surface area contributed by atoms with Gasteiger partial charge in [0.2, 0.25) is 0 Å². The number of carboxylic acid groups (broad SMARTS) is 1. The summed E-state index contributed by atoms with van der Waals surface area (Å²) in [5, 5.41) is 13.0. The van der Waals surface area contributed by atoms with Crippen LogP contribution in [0.2, 0.25) is 5.02 Å². The highest BCUT2D eigenvalue weighted by Crippen LogP contribution is 2.42. The molecule has 0 spiro atoms. The average Bonchev–Trinajstić information content (AvgIpc) is 2.37. The maximum atomic E-state index is 12.1. The fourth-order valence-corrected chi connectivity index (χ4v) is 3.95. The zero-order valence-electron chi connectivity index (χ0n) is 11.9. The van der Waals surface area contributed by atoms with Crippen LogP contribution in [0.5, 0.6) is 0 Å².